The molecule has 2 aliphatic rings. The van der Waals surface area contributed by atoms with E-state index in [1.54, 1.807) is 7.11 Å². The summed E-state index contributed by atoms with van der Waals surface area (Å²) in [5.74, 6) is 2.77. The number of halogens is 1. The maximum Gasteiger partial charge on any atom is 0.227 e. The molecule has 0 spiro atoms. The zero-order valence-corrected chi connectivity index (χ0v) is 11.9. The minimum absolute atomic E-state index is 0.155. The van der Waals surface area contributed by atoms with Crippen LogP contribution in [0.4, 0.5) is 5.69 Å². The van der Waals surface area contributed by atoms with Gasteiger partial charge in [-0.15, -0.1) is 0 Å². The van der Waals surface area contributed by atoms with Gasteiger partial charge in [0.1, 0.15) is 5.75 Å². The fourth-order valence-corrected chi connectivity index (χ4v) is 3.40. The van der Waals surface area contributed by atoms with E-state index in [1.165, 1.54) is 6.42 Å². The first-order chi connectivity index (χ1) is 8.65. The standard InChI is InChI=1S/C14H16BrNO2/c1-18-13-6-11(15)5-12(7-13)16-14(17)10-3-8-2-9(8)4-10/h5-10H,2-4H2,1H3,(H,16,17). The molecule has 2 unspecified atom stereocenters. The molecule has 0 saturated heterocycles. The molecule has 2 fully saturated rings. The molecule has 18 heavy (non-hydrogen) atoms. The van der Waals surface area contributed by atoms with Gasteiger partial charge in [0.05, 0.1) is 7.11 Å². The minimum Gasteiger partial charge on any atom is -0.497 e. The minimum atomic E-state index is 0.155. The Morgan fingerprint density at radius 3 is 2.67 bits per heavy atom. The van der Waals surface area contributed by atoms with Crippen molar-refractivity contribution < 1.29 is 9.53 Å². The number of hydrogen-bond acceptors (Lipinski definition) is 2. The van der Waals surface area contributed by atoms with Crippen LogP contribution >= 0.6 is 15.9 Å². The molecule has 4 heteroatoms. The maximum absolute atomic E-state index is 12.1. The van der Waals surface area contributed by atoms with Gasteiger partial charge in [-0.1, -0.05) is 15.9 Å². The van der Waals surface area contributed by atoms with Crippen LogP contribution in [0.3, 0.4) is 0 Å². The summed E-state index contributed by atoms with van der Waals surface area (Å²) in [6.45, 7) is 0. The number of hydrogen-bond donors (Lipinski definition) is 1. The van der Waals surface area contributed by atoms with Crippen molar-refractivity contribution in [3.63, 3.8) is 0 Å². The summed E-state index contributed by atoms with van der Waals surface area (Å²) in [6, 6.07) is 5.62. The molecule has 1 aromatic rings. The van der Waals surface area contributed by atoms with Crippen LogP contribution in [-0.4, -0.2) is 13.0 Å². The number of fused-ring (bicyclic) bond motifs is 1. The lowest BCUT2D eigenvalue weighted by Gasteiger charge is -2.13. The molecule has 2 aliphatic carbocycles. The van der Waals surface area contributed by atoms with Crippen molar-refractivity contribution in [1.29, 1.82) is 0 Å². The summed E-state index contributed by atoms with van der Waals surface area (Å²) in [5, 5.41) is 2.99. The molecule has 0 heterocycles. The normalized spacial score (nSPS) is 28.7. The molecular weight excluding hydrogens is 294 g/mol. The molecule has 1 aromatic carbocycles. The second kappa shape index (κ2) is 4.57. The van der Waals surface area contributed by atoms with Gasteiger partial charge in [0.15, 0.2) is 0 Å². The Hall–Kier alpha value is -1.03. The Morgan fingerprint density at radius 2 is 2.00 bits per heavy atom. The highest BCUT2D eigenvalue weighted by Gasteiger charge is 2.47. The van der Waals surface area contributed by atoms with Crippen molar-refractivity contribution in [1.82, 2.24) is 0 Å². The predicted octanol–water partition coefficient (Wildman–Crippen LogP) is 3.44. The quantitative estimate of drug-likeness (QED) is 0.929. The molecule has 0 radical (unpaired) electrons. The molecule has 3 nitrogen and oxygen atoms in total. The Balaban J connectivity index is 1.68. The smallest absolute Gasteiger partial charge is 0.227 e. The highest BCUT2D eigenvalue weighted by atomic mass is 79.9. The first-order valence-electron chi connectivity index (χ1n) is 6.31. The number of carbonyl (C=O) groups excluding carboxylic acids is 1. The second-order valence-electron chi connectivity index (χ2n) is 5.29. The van der Waals surface area contributed by atoms with E-state index in [9.17, 15) is 4.79 Å². The van der Waals surface area contributed by atoms with E-state index >= 15 is 0 Å². The molecule has 1 N–H and O–H groups in total. The lowest BCUT2D eigenvalue weighted by atomic mass is 10.0. The summed E-state index contributed by atoms with van der Waals surface area (Å²) in [5.41, 5.74) is 0.798. The van der Waals surface area contributed by atoms with Crippen LogP contribution in [0, 0.1) is 17.8 Å². The maximum atomic E-state index is 12.1. The number of nitrogens with one attached hydrogen (secondary N) is 1. The first kappa shape index (κ1) is 12.0. The van der Waals surface area contributed by atoms with E-state index in [-0.39, 0.29) is 11.8 Å². The summed E-state index contributed by atoms with van der Waals surface area (Å²) >= 11 is 3.41. The van der Waals surface area contributed by atoms with Crippen molar-refractivity contribution in [3.8, 4) is 5.75 Å². The van der Waals surface area contributed by atoms with Crippen molar-refractivity contribution in [2.45, 2.75) is 19.3 Å². The van der Waals surface area contributed by atoms with E-state index in [0.29, 0.717) is 0 Å². The number of rotatable bonds is 3. The number of ether oxygens (including phenoxy) is 1. The molecule has 0 bridgehead atoms. The Labute approximate surface area is 115 Å². The van der Waals surface area contributed by atoms with Gasteiger partial charge in [-0.2, -0.15) is 0 Å². The topological polar surface area (TPSA) is 38.3 Å². The fourth-order valence-electron chi connectivity index (χ4n) is 2.93. The van der Waals surface area contributed by atoms with Crippen LogP contribution in [-0.2, 0) is 4.79 Å². The van der Waals surface area contributed by atoms with Crippen LogP contribution in [0.25, 0.3) is 0 Å². The van der Waals surface area contributed by atoms with Gasteiger partial charge in [-0.05, 0) is 43.2 Å². The summed E-state index contributed by atoms with van der Waals surface area (Å²) < 4.78 is 6.09. The lowest BCUT2D eigenvalue weighted by molar-refractivity contribution is -0.120. The van der Waals surface area contributed by atoms with Crippen LogP contribution in [0.2, 0.25) is 0 Å². The van der Waals surface area contributed by atoms with Gasteiger partial charge in [-0.3, -0.25) is 4.79 Å². The lowest BCUT2D eigenvalue weighted by Crippen LogP contribution is -2.21. The van der Waals surface area contributed by atoms with Crippen molar-refractivity contribution >= 4 is 27.5 Å². The van der Waals surface area contributed by atoms with E-state index in [0.717, 1.165) is 40.6 Å². The molecule has 1 amide bonds. The van der Waals surface area contributed by atoms with Crippen molar-refractivity contribution in [2.24, 2.45) is 17.8 Å². The van der Waals surface area contributed by atoms with Gasteiger partial charge < -0.3 is 10.1 Å². The molecule has 2 atom stereocenters. The zero-order chi connectivity index (χ0) is 12.7. The molecule has 96 valence electrons. The summed E-state index contributed by atoms with van der Waals surface area (Å²) in [4.78, 5) is 12.1. The number of anilines is 1. The van der Waals surface area contributed by atoms with Gasteiger partial charge in [0, 0.05) is 22.1 Å². The highest BCUT2D eigenvalue weighted by molar-refractivity contribution is 9.10. The average Bonchev–Trinajstić information content (AvgIpc) is 2.95. The highest BCUT2D eigenvalue weighted by Crippen LogP contribution is 2.54. The fraction of sp³-hybridized carbons (Fsp3) is 0.500. The van der Waals surface area contributed by atoms with Crippen molar-refractivity contribution in [2.75, 3.05) is 12.4 Å². The van der Waals surface area contributed by atoms with Crippen LogP contribution in [0.15, 0.2) is 22.7 Å². The van der Waals surface area contributed by atoms with E-state index in [2.05, 4.69) is 21.2 Å². The molecule has 2 saturated carbocycles. The third-order valence-corrected chi connectivity index (χ3v) is 4.45. The first-order valence-corrected chi connectivity index (χ1v) is 7.10. The number of benzene rings is 1. The molecule has 0 aromatic heterocycles. The molecule has 0 aliphatic heterocycles. The largest absolute Gasteiger partial charge is 0.497 e. The Bertz CT molecular complexity index is 479. The average molecular weight is 310 g/mol. The monoisotopic (exact) mass is 309 g/mol. The molecular formula is C14H16BrNO2. The van der Waals surface area contributed by atoms with Crippen LogP contribution < -0.4 is 10.1 Å². The summed E-state index contributed by atoms with van der Waals surface area (Å²) in [6.07, 6.45) is 3.48. The number of carbonyl (C=O) groups is 1. The molecule has 3 rings (SSSR count). The van der Waals surface area contributed by atoms with E-state index in [4.69, 9.17) is 4.74 Å². The number of amides is 1. The third-order valence-electron chi connectivity index (χ3n) is 3.99. The van der Waals surface area contributed by atoms with Gasteiger partial charge in [0.2, 0.25) is 5.91 Å². The summed E-state index contributed by atoms with van der Waals surface area (Å²) in [7, 11) is 1.62. The zero-order valence-electron chi connectivity index (χ0n) is 10.3. The predicted molar refractivity (Wildman–Crippen MR) is 73.6 cm³/mol. The Kier molecular flexibility index (Phi) is 3.06. The third kappa shape index (κ3) is 2.39. The van der Waals surface area contributed by atoms with E-state index in [1.807, 2.05) is 18.2 Å². The SMILES string of the molecule is COc1cc(Br)cc(NC(=O)C2CC3CC3C2)c1. The van der Waals surface area contributed by atoms with E-state index < -0.39 is 0 Å². The number of methoxy groups -OCH3 is 1. The van der Waals surface area contributed by atoms with Crippen molar-refractivity contribution in [3.05, 3.63) is 22.7 Å². The van der Waals surface area contributed by atoms with Crippen LogP contribution in [0.5, 0.6) is 5.75 Å². The van der Waals surface area contributed by atoms with Gasteiger partial charge in [0.25, 0.3) is 0 Å². The second-order valence-corrected chi connectivity index (χ2v) is 6.21. The van der Waals surface area contributed by atoms with Gasteiger partial charge in [-0.25, -0.2) is 0 Å². The van der Waals surface area contributed by atoms with Gasteiger partial charge >= 0.3 is 0 Å². The Morgan fingerprint density at radius 1 is 1.28 bits per heavy atom. The van der Waals surface area contributed by atoms with Crippen LogP contribution in [0.1, 0.15) is 19.3 Å².